The molecule has 0 spiro atoms. The molecule has 0 aliphatic heterocycles. The van der Waals surface area contributed by atoms with Gasteiger partial charge in [0.1, 0.15) is 17.9 Å². The molecule has 0 saturated carbocycles. The minimum atomic E-state index is -0.956. The highest BCUT2D eigenvalue weighted by atomic mass is 16.5. The zero-order valence-electron chi connectivity index (χ0n) is 12.1. The number of carbonyl (C=O) groups is 1. The fourth-order valence-corrected chi connectivity index (χ4v) is 2.88. The van der Waals surface area contributed by atoms with Crippen molar-refractivity contribution in [3.8, 4) is 5.75 Å². The largest absolute Gasteiger partial charge is 0.488 e. The predicted octanol–water partition coefficient (Wildman–Crippen LogP) is 3.76. The lowest BCUT2D eigenvalue weighted by Gasteiger charge is -2.12. The number of para-hydroxylation sites is 1. The maximum atomic E-state index is 11.3. The number of carboxylic acids is 1. The van der Waals surface area contributed by atoms with E-state index in [-0.39, 0.29) is 5.56 Å². The lowest BCUT2D eigenvalue weighted by molar-refractivity contribution is 0.0691. The number of aryl methyl sites for hydroxylation is 3. The highest BCUT2D eigenvalue weighted by molar-refractivity contribution is 5.91. The Hall–Kier alpha value is -2.29. The maximum Gasteiger partial charge on any atom is 0.339 e. The molecule has 21 heavy (non-hydrogen) atoms. The van der Waals surface area contributed by atoms with Crippen LogP contribution in [0.3, 0.4) is 0 Å². The molecular weight excluding hydrogens is 264 g/mol. The SMILES string of the molecule is Cc1cccc(C(=O)O)c1OCc1ccc2c(c1)CCC2. The molecule has 2 aromatic carbocycles. The Labute approximate surface area is 124 Å². The molecule has 0 bridgehead atoms. The first kappa shape index (κ1) is 13.7. The van der Waals surface area contributed by atoms with Crippen molar-refractivity contribution in [2.75, 3.05) is 0 Å². The Kier molecular flexibility index (Phi) is 3.65. The van der Waals surface area contributed by atoms with Gasteiger partial charge in [-0.2, -0.15) is 0 Å². The molecule has 3 rings (SSSR count). The van der Waals surface area contributed by atoms with Crippen molar-refractivity contribution >= 4 is 5.97 Å². The van der Waals surface area contributed by atoms with Gasteiger partial charge in [-0.3, -0.25) is 0 Å². The van der Waals surface area contributed by atoms with Gasteiger partial charge in [0, 0.05) is 0 Å². The molecule has 0 atom stereocenters. The van der Waals surface area contributed by atoms with E-state index in [1.807, 2.05) is 13.0 Å². The summed E-state index contributed by atoms with van der Waals surface area (Å²) in [7, 11) is 0. The molecule has 3 nitrogen and oxygen atoms in total. The number of aromatic carboxylic acids is 1. The minimum Gasteiger partial charge on any atom is -0.488 e. The van der Waals surface area contributed by atoms with E-state index in [9.17, 15) is 9.90 Å². The van der Waals surface area contributed by atoms with Crippen LogP contribution < -0.4 is 4.74 Å². The van der Waals surface area contributed by atoms with Gasteiger partial charge in [-0.25, -0.2) is 4.79 Å². The Morgan fingerprint density at radius 1 is 1.19 bits per heavy atom. The van der Waals surface area contributed by atoms with Gasteiger partial charge in [0.25, 0.3) is 0 Å². The Bertz CT molecular complexity index is 689. The fraction of sp³-hybridized carbons (Fsp3) is 0.278. The Morgan fingerprint density at radius 2 is 2.00 bits per heavy atom. The van der Waals surface area contributed by atoms with E-state index >= 15 is 0 Å². The van der Waals surface area contributed by atoms with Crippen molar-refractivity contribution in [2.24, 2.45) is 0 Å². The highest BCUT2D eigenvalue weighted by Crippen LogP contribution is 2.26. The highest BCUT2D eigenvalue weighted by Gasteiger charge is 2.14. The number of fused-ring (bicyclic) bond motifs is 1. The standard InChI is InChI=1S/C18H18O3/c1-12-4-2-7-16(18(19)20)17(12)21-11-13-8-9-14-5-3-6-15(14)10-13/h2,4,7-10H,3,5-6,11H2,1H3,(H,19,20). The van der Waals surface area contributed by atoms with E-state index < -0.39 is 5.97 Å². The summed E-state index contributed by atoms with van der Waals surface area (Å²) in [6.45, 7) is 2.27. The van der Waals surface area contributed by atoms with Crippen LogP contribution >= 0.6 is 0 Å². The van der Waals surface area contributed by atoms with Gasteiger partial charge in [0.05, 0.1) is 0 Å². The second-order valence-electron chi connectivity index (χ2n) is 5.50. The molecule has 0 saturated heterocycles. The Balaban J connectivity index is 1.80. The van der Waals surface area contributed by atoms with Crippen LogP contribution in [0.1, 0.15) is 39.0 Å². The summed E-state index contributed by atoms with van der Waals surface area (Å²) in [5.74, 6) is -0.492. The number of carboxylic acid groups (broad SMARTS) is 1. The summed E-state index contributed by atoms with van der Waals surface area (Å²) < 4.78 is 5.79. The van der Waals surface area contributed by atoms with Gasteiger partial charge in [-0.1, -0.05) is 30.3 Å². The number of hydrogen-bond donors (Lipinski definition) is 1. The van der Waals surface area contributed by atoms with Crippen LogP contribution in [-0.4, -0.2) is 11.1 Å². The third-order valence-corrected chi connectivity index (χ3v) is 3.99. The first-order valence-electron chi connectivity index (χ1n) is 7.21. The lowest BCUT2D eigenvalue weighted by atomic mass is 10.1. The van der Waals surface area contributed by atoms with Crippen LogP contribution in [0.4, 0.5) is 0 Å². The van der Waals surface area contributed by atoms with E-state index in [4.69, 9.17) is 4.74 Å². The summed E-state index contributed by atoms with van der Waals surface area (Å²) in [5, 5.41) is 9.23. The summed E-state index contributed by atoms with van der Waals surface area (Å²) in [6, 6.07) is 11.6. The van der Waals surface area contributed by atoms with Gasteiger partial charge in [0.15, 0.2) is 0 Å². The van der Waals surface area contributed by atoms with E-state index in [2.05, 4.69) is 18.2 Å². The fourth-order valence-electron chi connectivity index (χ4n) is 2.88. The van der Waals surface area contributed by atoms with Crippen LogP contribution in [0, 0.1) is 6.92 Å². The summed E-state index contributed by atoms with van der Waals surface area (Å²) in [6.07, 6.45) is 3.52. The molecular formula is C18H18O3. The molecule has 0 unspecified atom stereocenters. The lowest BCUT2D eigenvalue weighted by Crippen LogP contribution is -2.05. The molecule has 0 heterocycles. The molecule has 1 aliphatic rings. The van der Waals surface area contributed by atoms with Crippen molar-refractivity contribution in [3.05, 3.63) is 64.2 Å². The van der Waals surface area contributed by atoms with Crippen LogP contribution in [0.15, 0.2) is 36.4 Å². The van der Waals surface area contributed by atoms with Crippen LogP contribution in [0.5, 0.6) is 5.75 Å². The van der Waals surface area contributed by atoms with E-state index in [1.54, 1.807) is 12.1 Å². The van der Waals surface area contributed by atoms with Gasteiger partial charge in [-0.15, -0.1) is 0 Å². The zero-order chi connectivity index (χ0) is 14.8. The molecule has 1 N–H and O–H groups in total. The van der Waals surface area contributed by atoms with Crippen molar-refractivity contribution in [3.63, 3.8) is 0 Å². The summed E-state index contributed by atoms with van der Waals surface area (Å²) in [4.78, 5) is 11.3. The van der Waals surface area contributed by atoms with E-state index in [0.29, 0.717) is 12.4 Å². The topological polar surface area (TPSA) is 46.5 Å². The molecule has 3 heteroatoms. The van der Waals surface area contributed by atoms with E-state index in [0.717, 1.165) is 24.0 Å². The average molecular weight is 282 g/mol. The first-order valence-corrected chi connectivity index (χ1v) is 7.21. The van der Waals surface area contributed by atoms with Gasteiger partial charge < -0.3 is 9.84 Å². The second-order valence-corrected chi connectivity index (χ2v) is 5.50. The van der Waals surface area contributed by atoms with Crippen molar-refractivity contribution in [2.45, 2.75) is 32.8 Å². The molecule has 1 aliphatic carbocycles. The zero-order valence-corrected chi connectivity index (χ0v) is 12.1. The minimum absolute atomic E-state index is 0.219. The summed E-state index contributed by atoms with van der Waals surface area (Å²) in [5.41, 5.74) is 4.99. The monoisotopic (exact) mass is 282 g/mol. The molecule has 2 aromatic rings. The molecule has 0 amide bonds. The number of hydrogen-bond acceptors (Lipinski definition) is 2. The van der Waals surface area contributed by atoms with Crippen molar-refractivity contribution < 1.29 is 14.6 Å². The van der Waals surface area contributed by atoms with Crippen LogP contribution in [0.2, 0.25) is 0 Å². The molecule has 0 radical (unpaired) electrons. The molecule has 0 aromatic heterocycles. The van der Waals surface area contributed by atoms with Crippen LogP contribution in [-0.2, 0) is 19.4 Å². The number of benzene rings is 2. The summed E-state index contributed by atoms with van der Waals surface area (Å²) >= 11 is 0. The van der Waals surface area contributed by atoms with Crippen molar-refractivity contribution in [1.82, 2.24) is 0 Å². The van der Waals surface area contributed by atoms with Crippen molar-refractivity contribution in [1.29, 1.82) is 0 Å². The molecule has 0 fully saturated rings. The smallest absolute Gasteiger partial charge is 0.339 e. The maximum absolute atomic E-state index is 11.3. The van der Waals surface area contributed by atoms with Crippen LogP contribution in [0.25, 0.3) is 0 Å². The third kappa shape index (κ3) is 2.77. The Morgan fingerprint density at radius 3 is 2.81 bits per heavy atom. The quantitative estimate of drug-likeness (QED) is 0.928. The third-order valence-electron chi connectivity index (χ3n) is 3.99. The number of rotatable bonds is 4. The first-order chi connectivity index (χ1) is 10.1. The normalized spacial score (nSPS) is 13.0. The van der Waals surface area contributed by atoms with Gasteiger partial charge >= 0.3 is 5.97 Å². The molecule has 108 valence electrons. The van der Waals surface area contributed by atoms with E-state index in [1.165, 1.54) is 17.5 Å². The number of ether oxygens (including phenoxy) is 1. The second kappa shape index (κ2) is 5.60. The van der Waals surface area contributed by atoms with Gasteiger partial charge in [-0.05, 0) is 54.5 Å². The average Bonchev–Trinajstić information content (AvgIpc) is 2.93. The van der Waals surface area contributed by atoms with Gasteiger partial charge in [0.2, 0.25) is 0 Å². The predicted molar refractivity (Wildman–Crippen MR) is 80.9 cm³/mol.